The van der Waals surface area contributed by atoms with Crippen LogP contribution in [-0.2, 0) is 4.79 Å². The molecule has 3 heterocycles. The minimum absolute atomic E-state index is 0.0569. The van der Waals surface area contributed by atoms with Crippen molar-refractivity contribution in [2.75, 3.05) is 5.32 Å². The van der Waals surface area contributed by atoms with Crippen molar-refractivity contribution >= 4 is 51.0 Å². The Balaban J connectivity index is 1.46. The third kappa shape index (κ3) is 4.90. The molecule has 158 valence electrons. The molecule has 0 saturated carbocycles. The summed E-state index contributed by atoms with van der Waals surface area (Å²) in [5, 5.41) is 11.1. The maximum atomic E-state index is 12.8. The van der Waals surface area contributed by atoms with Gasteiger partial charge in [-0.2, -0.15) is 0 Å². The molecule has 0 saturated heterocycles. The van der Waals surface area contributed by atoms with Crippen molar-refractivity contribution in [1.82, 2.24) is 15.3 Å². The summed E-state index contributed by atoms with van der Waals surface area (Å²) in [5.41, 5.74) is 3.47. The smallest absolute Gasteiger partial charge is 0.269 e. The van der Waals surface area contributed by atoms with Crippen LogP contribution in [0.15, 0.2) is 47.2 Å². The number of nitrogens with zero attached hydrogens (tertiary/aromatic N) is 2. The average molecular weight is 469 g/mol. The van der Waals surface area contributed by atoms with Crippen LogP contribution in [0.3, 0.4) is 0 Å². The van der Waals surface area contributed by atoms with Gasteiger partial charge in [0.25, 0.3) is 5.91 Å². The highest BCUT2D eigenvalue weighted by atomic mass is 32.1. The lowest BCUT2D eigenvalue weighted by Gasteiger charge is -2.12. The number of thiazole rings is 2. The zero-order valence-electron chi connectivity index (χ0n) is 17.1. The van der Waals surface area contributed by atoms with Crippen LogP contribution in [0.2, 0.25) is 0 Å². The number of hydrogen-bond acceptors (Lipinski definition) is 7. The first-order chi connectivity index (χ1) is 14.9. The molecule has 0 aliphatic rings. The molecule has 2 amide bonds. The quantitative estimate of drug-likeness (QED) is 0.377. The van der Waals surface area contributed by atoms with E-state index in [1.807, 2.05) is 61.0 Å². The second-order valence-corrected chi connectivity index (χ2v) is 9.75. The zero-order valence-corrected chi connectivity index (χ0v) is 19.6. The molecule has 1 aromatic carbocycles. The third-order valence-electron chi connectivity index (χ3n) is 4.59. The number of aryl methyl sites for hydroxylation is 1. The number of benzene rings is 1. The third-order valence-corrected chi connectivity index (χ3v) is 7.54. The second kappa shape index (κ2) is 9.09. The lowest BCUT2D eigenvalue weighted by molar-refractivity contribution is -0.119. The summed E-state index contributed by atoms with van der Waals surface area (Å²) in [4.78, 5) is 34.7. The normalized spacial score (nSPS) is 11.8. The van der Waals surface area contributed by atoms with Crippen molar-refractivity contribution in [2.45, 2.75) is 26.8 Å². The molecule has 0 bridgehead atoms. The molecule has 4 rings (SSSR count). The lowest BCUT2D eigenvalue weighted by Crippen LogP contribution is -2.23. The summed E-state index contributed by atoms with van der Waals surface area (Å²) in [6, 6.07) is 11.8. The summed E-state index contributed by atoms with van der Waals surface area (Å²) in [5.74, 6) is -0.256. The number of amides is 2. The Labute approximate surface area is 192 Å². The molecule has 1 unspecified atom stereocenters. The first-order valence-electron chi connectivity index (χ1n) is 9.56. The molecule has 0 aliphatic heterocycles. The molecule has 3 aromatic heterocycles. The van der Waals surface area contributed by atoms with Crippen molar-refractivity contribution in [3.63, 3.8) is 0 Å². The van der Waals surface area contributed by atoms with E-state index in [0.717, 1.165) is 26.7 Å². The number of nitrogens with one attached hydrogen (secondary N) is 2. The van der Waals surface area contributed by atoms with Gasteiger partial charge in [0.2, 0.25) is 5.91 Å². The topological polar surface area (TPSA) is 84.0 Å². The predicted octanol–water partition coefficient (Wildman–Crippen LogP) is 5.75. The zero-order chi connectivity index (χ0) is 22.0. The molecular formula is C22H20N4O2S3. The van der Waals surface area contributed by atoms with E-state index in [4.69, 9.17) is 0 Å². The van der Waals surface area contributed by atoms with Crippen LogP contribution in [0.25, 0.3) is 21.1 Å². The van der Waals surface area contributed by atoms with Crippen LogP contribution >= 0.6 is 34.0 Å². The maximum absolute atomic E-state index is 12.8. The molecule has 9 heteroatoms. The fourth-order valence-corrected chi connectivity index (χ4v) is 5.53. The highest BCUT2D eigenvalue weighted by Gasteiger charge is 2.18. The van der Waals surface area contributed by atoms with E-state index in [0.29, 0.717) is 15.7 Å². The predicted molar refractivity (Wildman–Crippen MR) is 128 cm³/mol. The van der Waals surface area contributed by atoms with Crippen molar-refractivity contribution in [3.05, 3.63) is 63.3 Å². The summed E-state index contributed by atoms with van der Waals surface area (Å²) >= 11 is 4.38. The largest absolute Gasteiger partial charge is 0.350 e. The monoisotopic (exact) mass is 468 g/mol. The van der Waals surface area contributed by atoms with E-state index >= 15 is 0 Å². The van der Waals surface area contributed by atoms with Gasteiger partial charge in [-0.05, 0) is 30.9 Å². The van der Waals surface area contributed by atoms with Crippen LogP contribution in [-0.4, -0.2) is 21.8 Å². The highest BCUT2D eigenvalue weighted by molar-refractivity contribution is 7.22. The fraction of sp³-hybridized carbons (Fsp3) is 0.182. The van der Waals surface area contributed by atoms with Gasteiger partial charge in [-0.1, -0.05) is 30.3 Å². The minimum atomic E-state index is -0.196. The Bertz CT molecular complexity index is 1210. The first-order valence-corrected chi connectivity index (χ1v) is 12.1. The SMILES string of the molecule is CC(=O)NC(C)c1ccc(-c2csc(NC(=O)c3sc(-c4cccs4)nc3C)n2)cc1. The molecule has 4 aromatic rings. The standard InChI is InChI=1S/C22H20N4O2S3/c1-12(23-14(3)27)15-6-8-16(9-7-15)17-11-30-22(25-17)26-20(28)19-13(2)24-21(31-19)18-5-4-10-29-18/h4-12H,1-3H3,(H,23,27)(H,25,26,28). The Morgan fingerprint density at radius 1 is 1.06 bits per heavy atom. The van der Waals surface area contributed by atoms with E-state index in [-0.39, 0.29) is 17.9 Å². The lowest BCUT2D eigenvalue weighted by atomic mass is 10.1. The van der Waals surface area contributed by atoms with Gasteiger partial charge in [0.1, 0.15) is 9.88 Å². The molecule has 31 heavy (non-hydrogen) atoms. The van der Waals surface area contributed by atoms with Gasteiger partial charge in [0, 0.05) is 17.9 Å². The number of rotatable bonds is 6. The number of carbonyl (C=O) groups excluding carboxylic acids is 2. The Morgan fingerprint density at radius 2 is 1.84 bits per heavy atom. The number of aromatic nitrogens is 2. The molecule has 6 nitrogen and oxygen atoms in total. The molecular weight excluding hydrogens is 448 g/mol. The second-order valence-electron chi connectivity index (χ2n) is 6.95. The maximum Gasteiger partial charge on any atom is 0.269 e. The minimum Gasteiger partial charge on any atom is -0.350 e. The van der Waals surface area contributed by atoms with E-state index in [2.05, 4.69) is 20.6 Å². The van der Waals surface area contributed by atoms with Crippen LogP contribution in [0.4, 0.5) is 5.13 Å². The first kappa shape index (κ1) is 21.4. The average Bonchev–Trinajstić information content (AvgIpc) is 3.48. The fourth-order valence-electron chi connectivity index (χ4n) is 3.06. The van der Waals surface area contributed by atoms with E-state index in [9.17, 15) is 9.59 Å². The van der Waals surface area contributed by atoms with E-state index in [1.54, 1.807) is 11.3 Å². The Hall–Kier alpha value is -2.88. The van der Waals surface area contributed by atoms with Gasteiger partial charge in [-0.3, -0.25) is 14.9 Å². The van der Waals surface area contributed by atoms with Gasteiger partial charge in [-0.25, -0.2) is 9.97 Å². The number of anilines is 1. The molecule has 0 fully saturated rings. The van der Waals surface area contributed by atoms with Gasteiger partial charge in [-0.15, -0.1) is 34.0 Å². The van der Waals surface area contributed by atoms with E-state index in [1.165, 1.54) is 29.6 Å². The summed E-state index contributed by atoms with van der Waals surface area (Å²) in [7, 11) is 0. The molecule has 2 N–H and O–H groups in total. The Kier molecular flexibility index (Phi) is 6.26. The highest BCUT2D eigenvalue weighted by Crippen LogP contribution is 2.32. The van der Waals surface area contributed by atoms with Crippen LogP contribution in [0.1, 0.15) is 40.8 Å². The van der Waals surface area contributed by atoms with Gasteiger partial charge >= 0.3 is 0 Å². The summed E-state index contributed by atoms with van der Waals surface area (Å²) < 4.78 is 0. The van der Waals surface area contributed by atoms with E-state index < -0.39 is 0 Å². The number of hydrogen-bond donors (Lipinski definition) is 2. The van der Waals surface area contributed by atoms with Gasteiger partial charge in [0.15, 0.2) is 5.13 Å². The van der Waals surface area contributed by atoms with Crippen molar-refractivity contribution in [1.29, 1.82) is 0 Å². The molecule has 0 radical (unpaired) electrons. The van der Waals surface area contributed by atoms with Crippen LogP contribution in [0, 0.1) is 6.92 Å². The van der Waals surface area contributed by atoms with Crippen LogP contribution in [0.5, 0.6) is 0 Å². The van der Waals surface area contributed by atoms with Crippen molar-refractivity contribution in [3.8, 4) is 21.1 Å². The summed E-state index contributed by atoms with van der Waals surface area (Å²) in [6.45, 7) is 5.30. The molecule has 0 aliphatic carbocycles. The number of thiophene rings is 1. The number of carbonyl (C=O) groups is 2. The van der Waals surface area contributed by atoms with Crippen molar-refractivity contribution < 1.29 is 9.59 Å². The summed E-state index contributed by atoms with van der Waals surface area (Å²) in [6.07, 6.45) is 0. The van der Waals surface area contributed by atoms with Gasteiger partial charge in [0.05, 0.1) is 22.3 Å². The van der Waals surface area contributed by atoms with Crippen molar-refractivity contribution in [2.24, 2.45) is 0 Å². The van der Waals surface area contributed by atoms with Crippen LogP contribution < -0.4 is 10.6 Å². The Morgan fingerprint density at radius 3 is 2.52 bits per heavy atom. The molecule has 0 spiro atoms. The van der Waals surface area contributed by atoms with Gasteiger partial charge < -0.3 is 5.32 Å². The molecule has 1 atom stereocenters.